The summed E-state index contributed by atoms with van der Waals surface area (Å²) in [6.45, 7) is 9.21. The van der Waals surface area contributed by atoms with Gasteiger partial charge in [-0.3, -0.25) is 0 Å². The molecule has 0 aromatic heterocycles. The molecule has 3 N–H and O–H groups in total. The number of rotatable bonds is 4. The summed E-state index contributed by atoms with van der Waals surface area (Å²) in [4.78, 5) is 21.8. The predicted octanol–water partition coefficient (Wildman–Crippen LogP) is 1.77. The van der Waals surface area contributed by atoms with Crippen LogP contribution in [0.25, 0.3) is 0 Å². The molecule has 0 spiro atoms. The molecule has 0 unspecified atom stereocenters. The first-order valence-corrected chi connectivity index (χ1v) is 8.01. The van der Waals surface area contributed by atoms with E-state index in [9.17, 15) is 9.59 Å². The van der Waals surface area contributed by atoms with Crippen molar-refractivity contribution < 1.29 is 19.1 Å². The van der Waals surface area contributed by atoms with Gasteiger partial charge in [0.15, 0.2) is 0 Å². The fourth-order valence-corrected chi connectivity index (χ4v) is 1.68. The molecule has 1 saturated heterocycles. The van der Waals surface area contributed by atoms with Gasteiger partial charge in [-0.15, -0.1) is 0 Å². The molecule has 7 nitrogen and oxygen atoms in total. The van der Waals surface area contributed by atoms with Crippen molar-refractivity contribution in [2.24, 2.45) is 0 Å². The third-order valence-corrected chi connectivity index (χ3v) is 3.16. The van der Waals surface area contributed by atoms with Crippen molar-refractivity contribution in [1.29, 1.82) is 0 Å². The van der Waals surface area contributed by atoms with Crippen molar-refractivity contribution in [2.75, 3.05) is 13.1 Å². The van der Waals surface area contributed by atoms with E-state index in [1.165, 1.54) is 6.42 Å². The van der Waals surface area contributed by atoms with Crippen LogP contribution in [-0.2, 0) is 9.47 Å². The van der Waals surface area contributed by atoms with Gasteiger partial charge in [-0.05, 0) is 47.0 Å². The van der Waals surface area contributed by atoms with E-state index in [0.29, 0.717) is 0 Å². The Morgan fingerprint density at radius 1 is 0.909 bits per heavy atom. The molecule has 0 aromatic rings. The van der Waals surface area contributed by atoms with Crippen LogP contribution in [-0.4, -0.2) is 49.6 Å². The van der Waals surface area contributed by atoms with Gasteiger partial charge >= 0.3 is 12.2 Å². The molecule has 0 aromatic carbocycles. The average Bonchev–Trinajstić information content (AvgIpc) is 2.28. The number of carbonyl (C=O) groups is 2. The summed E-state index contributed by atoms with van der Waals surface area (Å²) < 4.78 is 10.0. The van der Waals surface area contributed by atoms with E-state index >= 15 is 0 Å². The molecule has 22 heavy (non-hydrogen) atoms. The van der Waals surface area contributed by atoms with Gasteiger partial charge in [-0.2, -0.15) is 0 Å². The lowest BCUT2D eigenvalue weighted by Crippen LogP contribution is -2.51. The van der Waals surface area contributed by atoms with Gasteiger partial charge in [0.1, 0.15) is 12.2 Å². The van der Waals surface area contributed by atoms with Crippen molar-refractivity contribution in [3.8, 4) is 0 Å². The van der Waals surface area contributed by atoms with Gasteiger partial charge in [-0.1, -0.05) is 0 Å². The third-order valence-electron chi connectivity index (χ3n) is 3.16. The third kappa shape index (κ3) is 8.07. The summed E-state index contributed by atoms with van der Waals surface area (Å²) in [5, 5.41) is 8.35. The lowest BCUT2D eigenvalue weighted by Gasteiger charge is -2.27. The molecule has 1 aliphatic heterocycles. The first kappa shape index (κ1) is 18.5. The Kier molecular flexibility index (Phi) is 8.01. The zero-order valence-corrected chi connectivity index (χ0v) is 14.0. The van der Waals surface area contributed by atoms with Gasteiger partial charge in [0, 0.05) is 25.2 Å². The van der Waals surface area contributed by atoms with Crippen molar-refractivity contribution in [1.82, 2.24) is 16.0 Å². The zero-order chi connectivity index (χ0) is 16.5. The minimum absolute atomic E-state index is 0.0775. The smallest absolute Gasteiger partial charge is 0.407 e. The highest BCUT2D eigenvalue weighted by molar-refractivity contribution is 5.68. The maximum atomic E-state index is 10.9. The van der Waals surface area contributed by atoms with E-state index in [4.69, 9.17) is 9.47 Å². The van der Waals surface area contributed by atoms with E-state index in [1.54, 1.807) is 0 Å². The molecule has 2 rings (SSSR count). The lowest BCUT2D eigenvalue weighted by molar-refractivity contribution is 0.0511. The standard InChI is InChI=1S/C8H15NO2.C7H14N2O2/c1-6(2)9-8(10)11-7-4-3-5-7;1-5(2)9-7(10)11-6-3-8-4-6/h6-7H,3-5H2,1-2H3,(H,9,10);5-6,8H,3-4H2,1-2H3,(H,9,10). The van der Waals surface area contributed by atoms with E-state index in [1.807, 2.05) is 27.7 Å². The van der Waals surface area contributed by atoms with E-state index in [2.05, 4.69) is 16.0 Å². The van der Waals surface area contributed by atoms with Crippen molar-refractivity contribution >= 4 is 12.2 Å². The molecule has 2 fully saturated rings. The normalized spacial score (nSPS) is 17.7. The second-order valence-corrected chi connectivity index (χ2v) is 6.24. The number of alkyl carbamates (subject to hydrolysis) is 2. The van der Waals surface area contributed by atoms with E-state index in [-0.39, 0.29) is 36.5 Å². The Morgan fingerprint density at radius 2 is 1.36 bits per heavy atom. The molecule has 7 heteroatoms. The number of carbonyl (C=O) groups excluding carboxylic acids is 2. The molecule has 0 bridgehead atoms. The molecular formula is C15H29N3O4. The highest BCUT2D eigenvalue weighted by Gasteiger charge is 2.22. The zero-order valence-electron chi connectivity index (χ0n) is 14.0. The van der Waals surface area contributed by atoms with Gasteiger partial charge in [0.25, 0.3) is 0 Å². The summed E-state index contributed by atoms with van der Waals surface area (Å²) >= 11 is 0. The Balaban J connectivity index is 0.000000220. The van der Waals surface area contributed by atoms with Gasteiger partial charge in [0.2, 0.25) is 0 Å². The molecule has 1 saturated carbocycles. The maximum Gasteiger partial charge on any atom is 0.407 e. The molecular weight excluding hydrogens is 286 g/mol. The lowest BCUT2D eigenvalue weighted by atomic mass is 9.96. The number of hydrogen-bond acceptors (Lipinski definition) is 5. The van der Waals surface area contributed by atoms with Crippen LogP contribution < -0.4 is 16.0 Å². The average molecular weight is 315 g/mol. The number of amides is 2. The maximum absolute atomic E-state index is 10.9. The van der Waals surface area contributed by atoms with Crippen LogP contribution in [0.1, 0.15) is 47.0 Å². The molecule has 128 valence electrons. The highest BCUT2D eigenvalue weighted by atomic mass is 16.6. The minimum Gasteiger partial charge on any atom is -0.446 e. The van der Waals surface area contributed by atoms with E-state index in [0.717, 1.165) is 25.9 Å². The first-order valence-electron chi connectivity index (χ1n) is 8.01. The van der Waals surface area contributed by atoms with Crippen LogP contribution in [0, 0.1) is 0 Å². The van der Waals surface area contributed by atoms with Crippen molar-refractivity contribution in [3.05, 3.63) is 0 Å². The van der Waals surface area contributed by atoms with Gasteiger partial charge < -0.3 is 25.4 Å². The predicted molar refractivity (Wildman–Crippen MR) is 83.8 cm³/mol. The summed E-state index contributed by atoms with van der Waals surface area (Å²) in [5.41, 5.74) is 0. The first-order chi connectivity index (χ1) is 10.4. The van der Waals surface area contributed by atoms with E-state index < -0.39 is 0 Å². The second kappa shape index (κ2) is 9.50. The second-order valence-electron chi connectivity index (χ2n) is 6.24. The molecule has 1 heterocycles. The van der Waals surface area contributed by atoms with Gasteiger partial charge in [-0.25, -0.2) is 9.59 Å². The Labute approximate surface area is 132 Å². The molecule has 0 radical (unpaired) electrons. The fraction of sp³-hybridized carbons (Fsp3) is 0.867. The van der Waals surface area contributed by atoms with Crippen molar-refractivity contribution in [2.45, 2.75) is 71.2 Å². The molecule has 0 atom stereocenters. The molecule has 1 aliphatic carbocycles. The summed E-state index contributed by atoms with van der Waals surface area (Å²) in [7, 11) is 0. The summed E-state index contributed by atoms with van der Waals surface area (Å²) in [6, 6.07) is 0.318. The van der Waals surface area contributed by atoms with Crippen LogP contribution in [0.15, 0.2) is 0 Å². The number of ether oxygens (including phenoxy) is 2. The van der Waals surface area contributed by atoms with Crippen LogP contribution in [0.3, 0.4) is 0 Å². The van der Waals surface area contributed by atoms with Crippen LogP contribution >= 0.6 is 0 Å². The Bertz CT molecular complexity index is 319. The number of nitrogens with one attached hydrogen (secondary N) is 3. The topological polar surface area (TPSA) is 88.7 Å². The molecule has 2 aliphatic rings. The fourth-order valence-electron chi connectivity index (χ4n) is 1.68. The Morgan fingerprint density at radius 3 is 1.64 bits per heavy atom. The summed E-state index contributed by atoms with van der Waals surface area (Å²) in [6.07, 6.45) is 2.94. The van der Waals surface area contributed by atoms with Crippen LogP contribution in [0.2, 0.25) is 0 Å². The Hall–Kier alpha value is -1.50. The van der Waals surface area contributed by atoms with Crippen molar-refractivity contribution in [3.63, 3.8) is 0 Å². The highest BCUT2D eigenvalue weighted by Crippen LogP contribution is 2.21. The monoisotopic (exact) mass is 315 g/mol. The van der Waals surface area contributed by atoms with Crippen LogP contribution in [0.4, 0.5) is 9.59 Å². The summed E-state index contributed by atoms with van der Waals surface area (Å²) in [5.74, 6) is 0. The van der Waals surface area contributed by atoms with Gasteiger partial charge in [0.05, 0.1) is 0 Å². The minimum atomic E-state index is -0.313. The quantitative estimate of drug-likeness (QED) is 0.736. The van der Waals surface area contributed by atoms with Crippen LogP contribution in [0.5, 0.6) is 0 Å². The molecule has 2 amide bonds. The largest absolute Gasteiger partial charge is 0.446 e. The SMILES string of the molecule is CC(C)NC(=O)OC1CCC1.CC(C)NC(=O)OC1CNC1. The number of hydrogen-bond donors (Lipinski definition) is 3.